The summed E-state index contributed by atoms with van der Waals surface area (Å²) in [6.07, 6.45) is 6.03. The molecule has 1 aliphatic carbocycles. The van der Waals surface area contributed by atoms with Crippen molar-refractivity contribution in [1.82, 2.24) is 0 Å². The summed E-state index contributed by atoms with van der Waals surface area (Å²) in [6, 6.07) is 8.23. The Kier molecular flexibility index (Phi) is 4.86. The summed E-state index contributed by atoms with van der Waals surface area (Å²) in [6.45, 7) is 2.26. The van der Waals surface area contributed by atoms with Crippen LogP contribution >= 0.6 is 22.6 Å². The van der Waals surface area contributed by atoms with E-state index in [0.717, 1.165) is 5.56 Å². The van der Waals surface area contributed by atoms with Crippen molar-refractivity contribution in [2.45, 2.75) is 45.1 Å². The lowest BCUT2D eigenvalue weighted by atomic mass is 9.73. The molecule has 0 aliphatic heterocycles. The molecule has 94 valence electrons. The van der Waals surface area contributed by atoms with E-state index in [1.807, 2.05) is 12.1 Å². The van der Waals surface area contributed by atoms with Gasteiger partial charge < -0.3 is 5.11 Å². The first-order valence-corrected chi connectivity index (χ1v) is 7.74. The molecule has 0 bridgehead atoms. The summed E-state index contributed by atoms with van der Waals surface area (Å²) in [4.78, 5) is 0. The number of hydrogen-bond acceptors (Lipinski definition) is 1. The minimum Gasteiger partial charge on any atom is -0.388 e. The average Bonchev–Trinajstić information content (AvgIpc) is 2.38. The molecule has 3 unspecified atom stereocenters. The number of rotatable bonds is 3. The van der Waals surface area contributed by atoms with Crippen LogP contribution in [0.4, 0.5) is 0 Å². The summed E-state index contributed by atoms with van der Waals surface area (Å²) in [7, 11) is 0. The molecular weight excluding hydrogens is 323 g/mol. The predicted molar refractivity (Wildman–Crippen MR) is 79.9 cm³/mol. The molecule has 0 aromatic heterocycles. The minimum atomic E-state index is -0.270. The van der Waals surface area contributed by atoms with E-state index >= 15 is 0 Å². The number of aliphatic hydroxyl groups excluding tert-OH is 1. The second kappa shape index (κ2) is 6.19. The molecular formula is C15H21IO. The van der Waals surface area contributed by atoms with Crippen molar-refractivity contribution in [3.8, 4) is 0 Å². The summed E-state index contributed by atoms with van der Waals surface area (Å²) >= 11 is 2.33. The fraction of sp³-hybridized carbons (Fsp3) is 0.600. The van der Waals surface area contributed by atoms with Crippen molar-refractivity contribution in [3.63, 3.8) is 0 Å². The van der Waals surface area contributed by atoms with E-state index in [4.69, 9.17) is 0 Å². The maximum atomic E-state index is 10.6. The van der Waals surface area contributed by atoms with Gasteiger partial charge in [0.05, 0.1) is 6.10 Å². The van der Waals surface area contributed by atoms with E-state index in [1.54, 1.807) is 0 Å². The Bertz CT molecular complexity index is 364. The molecule has 1 N–H and O–H groups in total. The van der Waals surface area contributed by atoms with Crippen molar-refractivity contribution < 1.29 is 5.11 Å². The lowest BCUT2D eigenvalue weighted by Gasteiger charge is -2.34. The van der Waals surface area contributed by atoms with Crippen molar-refractivity contribution >= 4 is 22.6 Å². The average molecular weight is 344 g/mol. The first-order chi connectivity index (χ1) is 8.24. The molecule has 0 amide bonds. The Balaban J connectivity index is 2.18. The fourth-order valence-corrected chi connectivity index (χ4v) is 3.81. The number of aliphatic hydroxyl groups is 1. The summed E-state index contributed by atoms with van der Waals surface area (Å²) in [5, 5.41) is 10.6. The zero-order valence-corrected chi connectivity index (χ0v) is 12.6. The van der Waals surface area contributed by atoms with E-state index in [9.17, 15) is 5.11 Å². The lowest BCUT2D eigenvalue weighted by Crippen LogP contribution is -2.25. The molecule has 1 fully saturated rings. The maximum absolute atomic E-state index is 10.6. The van der Waals surface area contributed by atoms with Gasteiger partial charge >= 0.3 is 0 Å². The van der Waals surface area contributed by atoms with E-state index < -0.39 is 0 Å². The van der Waals surface area contributed by atoms with E-state index in [0.29, 0.717) is 11.8 Å². The van der Waals surface area contributed by atoms with Crippen LogP contribution in [0.3, 0.4) is 0 Å². The van der Waals surface area contributed by atoms with Gasteiger partial charge in [-0.05, 0) is 52.5 Å². The van der Waals surface area contributed by atoms with Gasteiger partial charge in [-0.15, -0.1) is 0 Å². The number of halogens is 1. The van der Waals surface area contributed by atoms with Gasteiger partial charge in [-0.25, -0.2) is 0 Å². The number of hydrogen-bond donors (Lipinski definition) is 1. The highest BCUT2D eigenvalue weighted by atomic mass is 127. The Hall–Kier alpha value is -0.0900. The fourth-order valence-electron chi connectivity index (χ4n) is 3.10. The second-order valence-electron chi connectivity index (χ2n) is 5.08. The molecule has 1 aliphatic rings. The Morgan fingerprint density at radius 1 is 1.29 bits per heavy atom. The van der Waals surface area contributed by atoms with Gasteiger partial charge in [0.25, 0.3) is 0 Å². The van der Waals surface area contributed by atoms with Crippen molar-refractivity contribution in [2.24, 2.45) is 11.8 Å². The molecule has 1 nitrogen and oxygen atoms in total. The molecule has 3 atom stereocenters. The molecule has 1 aromatic rings. The third-order valence-electron chi connectivity index (χ3n) is 4.12. The zero-order chi connectivity index (χ0) is 12.3. The molecule has 17 heavy (non-hydrogen) atoms. The molecule has 0 spiro atoms. The van der Waals surface area contributed by atoms with Gasteiger partial charge in [0.2, 0.25) is 0 Å². The van der Waals surface area contributed by atoms with Crippen LogP contribution in [0.1, 0.15) is 50.7 Å². The van der Waals surface area contributed by atoms with Crippen LogP contribution in [0.25, 0.3) is 0 Å². The van der Waals surface area contributed by atoms with Gasteiger partial charge in [-0.1, -0.05) is 50.8 Å². The molecule has 2 heteroatoms. The lowest BCUT2D eigenvalue weighted by molar-refractivity contribution is 0.0446. The molecule has 1 aromatic carbocycles. The Morgan fingerprint density at radius 3 is 2.71 bits per heavy atom. The monoisotopic (exact) mass is 344 g/mol. The van der Waals surface area contributed by atoms with Crippen LogP contribution in [-0.2, 0) is 0 Å². The first-order valence-electron chi connectivity index (χ1n) is 6.66. The Morgan fingerprint density at radius 2 is 2.00 bits per heavy atom. The zero-order valence-electron chi connectivity index (χ0n) is 10.4. The van der Waals surface area contributed by atoms with Crippen LogP contribution < -0.4 is 0 Å². The molecule has 0 saturated heterocycles. The van der Waals surface area contributed by atoms with Crippen LogP contribution in [-0.4, -0.2) is 5.11 Å². The van der Waals surface area contributed by atoms with Gasteiger partial charge in [0, 0.05) is 3.57 Å². The first kappa shape index (κ1) is 13.3. The number of benzene rings is 1. The van der Waals surface area contributed by atoms with Gasteiger partial charge in [-0.3, -0.25) is 0 Å². The van der Waals surface area contributed by atoms with Crippen LogP contribution in [0.15, 0.2) is 24.3 Å². The highest BCUT2D eigenvalue weighted by Gasteiger charge is 2.31. The van der Waals surface area contributed by atoms with Gasteiger partial charge in [-0.2, -0.15) is 0 Å². The smallest absolute Gasteiger partial charge is 0.0831 e. The van der Waals surface area contributed by atoms with E-state index in [1.165, 1.54) is 35.7 Å². The Labute approximate surface area is 118 Å². The maximum Gasteiger partial charge on any atom is 0.0831 e. The third kappa shape index (κ3) is 3.02. The second-order valence-corrected chi connectivity index (χ2v) is 6.25. The quantitative estimate of drug-likeness (QED) is 0.798. The van der Waals surface area contributed by atoms with Gasteiger partial charge in [0.15, 0.2) is 0 Å². The topological polar surface area (TPSA) is 20.2 Å². The van der Waals surface area contributed by atoms with Crippen LogP contribution in [0, 0.1) is 15.4 Å². The largest absolute Gasteiger partial charge is 0.388 e. The van der Waals surface area contributed by atoms with E-state index in [2.05, 4.69) is 41.6 Å². The van der Waals surface area contributed by atoms with Crippen molar-refractivity contribution in [1.29, 1.82) is 0 Å². The standard InChI is InChI=1S/C15H21IO/c1-2-11-7-3-4-8-12(11)15(17)13-9-5-6-10-14(13)16/h5-6,9-12,15,17H,2-4,7-8H2,1H3. The SMILES string of the molecule is CCC1CCCCC1C(O)c1ccccc1I. The molecule has 1 saturated carbocycles. The van der Waals surface area contributed by atoms with Crippen molar-refractivity contribution in [3.05, 3.63) is 33.4 Å². The highest BCUT2D eigenvalue weighted by Crippen LogP contribution is 2.41. The van der Waals surface area contributed by atoms with E-state index in [-0.39, 0.29) is 6.10 Å². The third-order valence-corrected chi connectivity index (χ3v) is 5.10. The molecule has 0 radical (unpaired) electrons. The molecule has 2 rings (SSSR count). The minimum absolute atomic E-state index is 0.270. The van der Waals surface area contributed by atoms with Crippen LogP contribution in [0.2, 0.25) is 0 Å². The summed E-state index contributed by atoms with van der Waals surface area (Å²) in [5.74, 6) is 1.17. The van der Waals surface area contributed by atoms with Gasteiger partial charge in [0.1, 0.15) is 0 Å². The van der Waals surface area contributed by atoms with Crippen molar-refractivity contribution in [2.75, 3.05) is 0 Å². The highest BCUT2D eigenvalue weighted by molar-refractivity contribution is 14.1. The summed E-state index contributed by atoms with van der Waals surface area (Å²) < 4.78 is 1.19. The molecule has 0 heterocycles. The summed E-state index contributed by atoms with van der Waals surface area (Å²) in [5.41, 5.74) is 1.12. The normalized spacial score (nSPS) is 26.8. The van der Waals surface area contributed by atoms with Crippen LogP contribution in [0.5, 0.6) is 0 Å². The predicted octanol–water partition coefficient (Wildman–Crippen LogP) is 4.54.